The van der Waals surface area contributed by atoms with E-state index >= 15 is 0 Å². The fraction of sp³-hybridized carbons (Fsp3) is 0.316. The lowest BCUT2D eigenvalue weighted by atomic mass is 10.1. The summed E-state index contributed by atoms with van der Waals surface area (Å²) in [4.78, 5) is 12.3. The van der Waals surface area contributed by atoms with Crippen LogP contribution in [-0.4, -0.2) is 19.2 Å². The van der Waals surface area contributed by atoms with E-state index in [0.717, 1.165) is 16.9 Å². The zero-order chi connectivity index (χ0) is 18.7. The van der Waals surface area contributed by atoms with Crippen molar-refractivity contribution in [2.24, 2.45) is 0 Å². The van der Waals surface area contributed by atoms with E-state index in [-0.39, 0.29) is 24.8 Å². The van der Waals surface area contributed by atoms with Crippen LogP contribution in [0.5, 0.6) is 11.5 Å². The van der Waals surface area contributed by atoms with Gasteiger partial charge in [-0.15, -0.1) is 0 Å². The number of rotatable bonds is 6. The lowest BCUT2D eigenvalue weighted by Gasteiger charge is -2.16. The third-order valence-electron chi connectivity index (χ3n) is 4.38. The fourth-order valence-corrected chi connectivity index (χ4v) is 3.43. The number of halogens is 2. The summed E-state index contributed by atoms with van der Waals surface area (Å²) >= 11 is 12.1. The van der Waals surface area contributed by atoms with Gasteiger partial charge in [-0.3, -0.25) is 4.79 Å². The number of nitrogens with two attached hydrogens (primary N) is 1. The summed E-state index contributed by atoms with van der Waals surface area (Å²) in [6, 6.07) is 11.0. The van der Waals surface area contributed by atoms with Crippen LogP contribution in [0.1, 0.15) is 37.1 Å². The Balaban J connectivity index is 1.53. The Morgan fingerprint density at radius 3 is 2.69 bits per heavy atom. The van der Waals surface area contributed by atoms with Gasteiger partial charge in [-0.05, 0) is 43.7 Å². The topological polar surface area (TPSA) is 64.2 Å². The van der Waals surface area contributed by atoms with E-state index in [1.54, 1.807) is 12.1 Å². The van der Waals surface area contributed by atoms with Crippen molar-refractivity contribution in [2.75, 3.05) is 13.3 Å². The Labute approximate surface area is 162 Å². The van der Waals surface area contributed by atoms with E-state index in [1.807, 2.05) is 43.4 Å². The molecule has 0 radical (unpaired) electrons. The Morgan fingerprint density at radius 2 is 1.92 bits per heavy atom. The molecule has 0 aliphatic carbocycles. The van der Waals surface area contributed by atoms with Crippen LogP contribution >= 0.6 is 23.2 Å². The highest BCUT2D eigenvalue weighted by atomic mass is 35.5. The highest BCUT2D eigenvalue weighted by Gasteiger charge is 2.19. The van der Waals surface area contributed by atoms with Crippen molar-refractivity contribution < 1.29 is 19.6 Å². The zero-order valence-corrected chi connectivity index (χ0v) is 16.1. The van der Waals surface area contributed by atoms with Gasteiger partial charge in [-0.2, -0.15) is 0 Å². The summed E-state index contributed by atoms with van der Waals surface area (Å²) in [5, 5.41) is 6.14. The Hall–Kier alpha value is -1.95. The Morgan fingerprint density at radius 1 is 1.15 bits per heavy atom. The number of benzene rings is 2. The third-order valence-corrected chi connectivity index (χ3v) is 4.95. The maximum atomic E-state index is 12.3. The van der Waals surface area contributed by atoms with Crippen LogP contribution in [0.4, 0.5) is 0 Å². The summed E-state index contributed by atoms with van der Waals surface area (Å²) in [7, 11) is 0. The first-order valence-corrected chi connectivity index (χ1v) is 9.17. The van der Waals surface area contributed by atoms with Crippen LogP contribution in [0.15, 0.2) is 36.4 Å². The normalized spacial score (nSPS) is 14.8. The first-order valence-electron chi connectivity index (χ1n) is 8.41. The molecule has 0 fully saturated rings. The molecule has 138 valence electrons. The van der Waals surface area contributed by atoms with Crippen LogP contribution in [0.3, 0.4) is 0 Å². The van der Waals surface area contributed by atoms with Gasteiger partial charge >= 0.3 is 0 Å². The molecule has 7 heteroatoms. The molecule has 1 aliphatic rings. The highest BCUT2D eigenvalue weighted by Crippen LogP contribution is 2.34. The lowest BCUT2D eigenvalue weighted by molar-refractivity contribution is -0.682. The molecule has 2 aromatic rings. The van der Waals surface area contributed by atoms with Crippen LogP contribution in [0, 0.1) is 0 Å². The van der Waals surface area contributed by atoms with Crippen molar-refractivity contribution in [3.8, 4) is 11.5 Å². The molecular weight excluding hydrogens is 375 g/mol. The number of carbonyl (C=O) groups excluding carboxylic acids is 1. The first kappa shape index (κ1) is 18.8. The van der Waals surface area contributed by atoms with E-state index < -0.39 is 0 Å². The monoisotopic (exact) mass is 395 g/mol. The second-order valence-electron chi connectivity index (χ2n) is 6.30. The van der Waals surface area contributed by atoms with Crippen molar-refractivity contribution in [3.05, 3.63) is 57.6 Å². The molecule has 2 aromatic carbocycles. The number of carbonyl (C=O) groups is 1. The zero-order valence-electron chi connectivity index (χ0n) is 14.6. The molecule has 3 N–H and O–H groups in total. The van der Waals surface area contributed by atoms with Gasteiger partial charge in [0.25, 0.3) is 5.91 Å². The van der Waals surface area contributed by atoms with Gasteiger partial charge in [0, 0.05) is 10.6 Å². The molecule has 2 atom stereocenters. The van der Waals surface area contributed by atoms with Gasteiger partial charge in [0.2, 0.25) is 6.79 Å². The number of nitrogens with one attached hydrogen (secondary N) is 1. The molecule has 0 aromatic heterocycles. The van der Waals surface area contributed by atoms with Crippen molar-refractivity contribution in [3.63, 3.8) is 0 Å². The van der Waals surface area contributed by atoms with E-state index in [1.165, 1.54) is 0 Å². The van der Waals surface area contributed by atoms with Crippen LogP contribution in [0.25, 0.3) is 0 Å². The number of ether oxygens (including phenoxy) is 2. The van der Waals surface area contributed by atoms with Crippen molar-refractivity contribution in [1.82, 2.24) is 5.32 Å². The fourth-order valence-electron chi connectivity index (χ4n) is 2.85. The maximum absolute atomic E-state index is 12.3. The molecule has 0 saturated heterocycles. The molecule has 0 saturated carbocycles. The minimum atomic E-state index is -0.125. The molecule has 26 heavy (non-hydrogen) atoms. The summed E-state index contributed by atoms with van der Waals surface area (Å²) in [5.41, 5.74) is 1.92. The number of hydrogen-bond donors (Lipinski definition) is 2. The predicted octanol–water partition coefficient (Wildman–Crippen LogP) is 3.22. The molecule has 0 unspecified atom stereocenters. The minimum absolute atomic E-state index is 0.0476. The van der Waals surface area contributed by atoms with E-state index in [4.69, 9.17) is 32.7 Å². The summed E-state index contributed by atoms with van der Waals surface area (Å²) < 4.78 is 10.7. The highest BCUT2D eigenvalue weighted by molar-refractivity contribution is 6.35. The molecule has 5 nitrogen and oxygen atoms in total. The van der Waals surface area contributed by atoms with Gasteiger partial charge in [-0.25, -0.2) is 0 Å². The third kappa shape index (κ3) is 4.41. The Kier molecular flexibility index (Phi) is 5.91. The molecule has 0 spiro atoms. The van der Waals surface area contributed by atoms with Gasteiger partial charge in [0.05, 0.1) is 11.1 Å². The molecule has 3 rings (SSSR count). The largest absolute Gasteiger partial charge is 0.454 e. The van der Waals surface area contributed by atoms with E-state index in [0.29, 0.717) is 22.3 Å². The van der Waals surface area contributed by atoms with Crippen LogP contribution < -0.4 is 20.1 Å². The number of hydrogen-bond acceptors (Lipinski definition) is 3. The molecule has 1 heterocycles. The molecule has 0 bridgehead atoms. The maximum Gasteiger partial charge on any atom is 0.275 e. The molecule has 1 amide bonds. The van der Waals surface area contributed by atoms with E-state index in [2.05, 4.69) is 5.32 Å². The quantitative estimate of drug-likeness (QED) is 0.788. The number of fused-ring (bicyclic) bond motifs is 1. The summed E-state index contributed by atoms with van der Waals surface area (Å²) in [5.74, 6) is 1.39. The average Bonchev–Trinajstić information content (AvgIpc) is 3.07. The molecule has 1 aliphatic heterocycles. The second-order valence-corrected chi connectivity index (χ2v) is 7.14. The minimum Gasteiger partial charge on any atom is -0.454 e. The van der Waals surface area contributed by atoms with Crippen molar-refractivity contribution in [2.45, 2.75) is 25.9 Å². The van der Waals surface area contributed by atoms with Crippen molar-refractivity contribution >= 4 is 29.1 Å². The van der Waals surface area contributed by atoms with Crippen molar-refractivity contribution in [1.29, 1.82) is 0 Å². The smallest absolute Gasteiger partial charge is 0.275 e. The Bertz CT molecular complexity index is 813. The van der Waals surface area contributed by atoms with Gasteiger partial charge in [-0.1, -0.05) is 35.3 Å². The average molecular weight is 396 g/mol. The second kappa shape index (κ2) is 8.16. The summed E-state index contributed by atoms with van der Waals surface area (Å²) in [6.45, 7) is 4.48. The summed E-state index contributed by atoms with van der Waals surface area (Å²) in [6.07, 6.45) is 0. The van der Waals surface area contributed by atoms with Crippen LogP contribution in [-0.2, 0) is 4.79 Å². The lowest BCUT2D eigenvalue weighted by Crippen LogP contribution is -2.87. The number of amides is 1. The van der Waals surface area contributed by atoms with Gasteiger partial charge in [0.1, 0.15) is 6.04 Å². The first-order chi connectivity index (χ1) is 12.4. The SMILES string of the molecule is C[C@@H](NC(=O)C[NH2+][C@H](C)c1ccc(Cl)cc1Cl)c1ccc2c(c1)OCO2. The van der Waals surface area contributed by atoms with E-state index in [9.17, 15) is 4.79 Å². The standard InChI is InChI=1S/C19H20Cl2N2O3/c1-11(13-3-6-17-18(7-13)26-10-25-17)23-19(24)9-22-12(2)15-5-4-14(20)8-16(15)21/h3-8,11-12,22H,9-10H2,1-2H3,(H,23,24)/p+1/t11-,12-/m1/s1. The van der Waals surface area contributed by atoms with Gasteiger partial charge in [0.15, 0.2) is 18.0 Å². The molecular formula is C19H21Cl2N2O3+. The van der Waals surface area contributed by atoms with Crippen LogP contribution in [0.2, 0.25) is 10.0 Å². The predicted molar refractivity (Wildman–Crippen MR) is 101 cm³/mol. The number of quaternary nitrogens is 1. The van der Waals surface area contributed by atoms with Gasteiger partial charge < -0.3 is 20.1 Å².